The fourth-order valence-electron chi connectivity index (χ4n) is 2.24. The Morgan fingerprint density at radius 1 is 1.29 bits per heavy atom. The molecule has 1 fully saturated rings. The first-order valence-electron chi connectivity index (χ1n) is 7.07. The van der Waals surface area contributed by atoms with Crippen molar-refractivity contribution in [2.24, 2.45) is 0 Å². The number of nitrogens with zero attached hydrogens (tertiary/aromatic N) is 1. The molecule has 1 aromatic rings. The molecule has 116 valence electrons. The molecule has 1 heterocycles. The fourth-order valence-corrected chi connectivity index (χ4v) is 4.16. The molecule has 5 nitrogen and oxygen atoms in total. The highest BCUT2D eigenvalue weighted by molar-refractivity contribution is 7.89. The minimum atomic E-state index is -3.39. The van der Waals surface area contributed by atoms with Gasteiger partial charge in [-0.3, -0.25) is 0 Å². The first-order chi connectivity index (χ1) is 9.89. The van der Waals surface area contributed by atoms with Crippen LogP contribution in [0.1, 0.15) is 26.7 Å². The lowest BCUT2D eigenvalue weighted by Gasteiger charge is -2.17. The highest BCUT2D eigenvalue weighted by Gasteiger charge is 2.27. The van der Waals surface area contributed by atoms with Crippen molar-refractivity contribution in [2.45, 2.75) is 37.6 Å². The minimum absolute atomic E-state index is 0.224. The van der Waals surface area contributed by atoms with Gasteiger partial charge in [0.1, 0.15) is 0 Å². The van der Waals surface area contributed by atoms with Gasteiger partial charge >= 0.3 is 0 Å². The number of hydrogen-bond donors (Lipinski definition) is 2. The number of hydrogen-bond acceptors (Lipinski definition) is 3. The molecule has 1 aromatic carbocycles. The van der Waals surface area contributed by atoms with Crippen LogP contribution in [0.2, 0.25) is 0 Å². The van der Waals surface area contributed by atoms with Crippen molar-refractivity contribution >= 4 is 33.0 Å². The van der Waals surface area contributed by atoms with E-state index in [0.29, 0.717) is 28.8 Å². The summed E-state index contributed by atoms with van der Waals surface area (Å²) in [4.78, 5) is 0.307. The third-order valence-electron chi connectivity index (χ3n) is 3.21. The Balaban J connectivity index is 2.15. The van der Waals surface area contributed by atoms with Crippen molar-refractivity contribution in [2.75, 3.05) is 18.4 Å². The number of rotatable bonds is 4. The third-order valence-corrected chi connectivity index (χ3v) is 5.33. The maximum atomic E-state index is 12.5. The third kappa shape index (κ3) is 4.15. The van der Waals surface area contributed by atoms with E-state index in [-0.39, 0.29) is 6.04 Å². The molecule has 1 aliphatic rings. The molecule has 0 saturated carbocycles. The van der Waals surface area contributed by atoms with Crippen LogP contribution in [0.5, 0.6) is 0 Å². The Labute approximate surface area is 131 Å². The van der Waals surface area contributed by atoms with Gasteiger partial charge in [0.2, 0.25) is 10.0 Å². The van der Waals surface area contributed by atoms with Gasteiger partial charge in [-0.25, -0.2) is 8.42 Å². The summed E-state index contributed by atoms with van der Waals surface area (Å²) in [7, 11) is -3.39. The van der Waals surface area contributed by atoms with Crippen LogP contribution in [-0.2, 0) is 10.0 Å². The van der Waals surface area contributed by atoms with Crippen molar-refractivity contribution in [1.29, 1.82) is 0 Å². The number of benzene rings is 1. The summed E-state index contributed by atoms with van der Waals surface area (Å²) in [6, 6.07) is 7.00. The molecule has 2 N–H and O–H groups in total. The summed E-state index contributed by atoms with van der Waals surface area (Å²) in [6.07, 6.45) is 1.86. The monoisotopic (exact) mass is 327 g/mol. The second-order valence-corrected chi connectivity index (χ2v) is 7.74. The molecular weight excluding hydrogens is 306 g/mol. The number of sulfonamides is 1. The van der Waals surface area contributed by atoms with Crippen LogP contribution in [0.25, 0.3) is 0 Å². The zero-order valence-electron chi connectivity index (χ0n) is 12.3. The summed E-state index contributed by atoms with van der Waals surface area (Å²) in [6.45, 7) is 5.19. The summed E-state index contributed by atoms with van der Waals surface area (Å²) >= 11 is 5.17. The van der Waals surface area contributed by atoms with E-state index in [1.807, 2.05) is 13.8 Å². The van der Waals surface area contributed by atoms with Crippen LogP contribution in [-0.4, -0.2) is 37.0 Å². The largest absolute Gasteiger partial charge is 0.360 e. The van der Waals surface area contributed by atoms with Gasteiger partial charge < -0.3 is 10.6 Å². The predicted octanol–water partition coefficient (Wildman–Crippen LogP) is 2.17. The standard InChI is InChI=1S/C14H21N3O2S2/c1-11(2)15-14(20)16-12-6-5-7-13(10-12)21(18,19)17-8-3-4-9-17/h5-7,10-11H,3-4,8-9H2,1-2H3,(H2,15,16,20). The van der Waals surface area contributed by atoms with Crippen LogP contribution in [0.4, 0.5) is 5.69 Å². The van der Waals surface area contributed by atoms with Crippen molar-refractivity contribution < 1.29 is 8.42 Å². The molecule has 0 radical (unpaired) electrons. The lowest BCUT2D eigenvalue weighted by molar-refractivity contribution is 0.477. The van der Waals surface area contributed by atoms with Crippen LogP contribution in [0.15, 0.2) is 29.2 Å². The van der Waals surface area contributed by atoms with Gasteiger partial charge in [-0.15, -0.1) is 0 Å². The number of anilines is 1. The predicted molar refractivity (Wildman–Crippen MR) is 88.9 cm³/mol. The second-order valence-electron chi connectivity index (χ2n) is 5.39. The average molecular weight is 327 g/mol. The van der Waals surface area contributed by atoms with E-state index < -0.39 is 10.0 Å². The molecule has 0 amide bonds. The Bertz CT molecular complexity index is 608. The van der Waals surface area contributed by atoms with E-state index in [2.05, 4.69) is 10.6 Å². The zero-order chi connectivity index (χ0) is 15.5. The van der Waals surface area contributed by atoms with Crippen molar-refractivity contribution in [3.8, 4) is 0 Å². The minimum Gasteiger partial charge on any atom is -0.360 e. The summed E-state index contributed by atoms with van der Waals surface area (Å²) in [5.74, 6) is 0. The first-order valence-corrected chi connectivity index (χ1v) is 8.92. The molecule has 0 bridgehead atoms. The molecule has 0 aromatic heterocycles. The fraction of sp³-hybridized carbons (Fsp3) is 0.500. The molecular formula is C14H21N3O2S2. The van der Waals surface area contributed by atoms with Gasteiger partial charge in [0.05, 0.1) is 4.90 Å². The normalized spacial score (nSPS) is 16.1. The van der Waals surface area contributed by atoms with Crippen molar-refractivity contribution in [3.63, 3.8) is 0 Å². The van der Waals surface area contributed by atoms with Crippen LogP contribution >= 0.6 is 12.2 Å². The van der Waals surface area contributed by atoms with Crippen molar-refractivity contribution in [1.82, 2.24) is 9.62 Å². The summed E-state index contributed by atoms with van der Waals surface area (Å²) < 4.78 is 26.5. The molecule has 1 saturated heterocycles. The van der Waals surface area contributed by atoms with Gasteiger partial charge in [-0.2, -0.15) is 4.31 Å². The molecule has 2 rings (SSSR count). The topological polar surface area (TPSA) is 61.4 Å². The van der Waals surface area contributed by atoms with E-state index in [1.54, 1.807) is 24.3 Å². The molecule has 0 atom stereocenters. The first kappa shape index (κ1) is 16.2. The zero-order valence-corrected chi connectivity index (χ0v) is 13.9. The SMILES string of the molecule is CC(C)NC(=S)Nc1cccc(S(=O)(=O)N2CCCC2)c1. The quantitative estimate of drug-likeness (QED) is 0.830. The maximum Gasteiger partial charge on any atom is 0.243 e. The van der Waals surface area contributed by atoms with E-state index in [4.69, 9.17) is 12.2 Å². The highest BCUT2D eigenvalue weighted by Crippen LogP contribution is 2.23. The second kappa shape index (κ2) is 6.72. The smallest absolute Gasteiger partial charge is 0.243 e. The molecule has 0 spiro atoms. The lowest BCUT2D eigenvalue weighted by Crippen LogP contribution is -2.34. The van der Waals surface area contributed by atoms with E-state index in [0.717, 1.165) is 12.8 Å². The Kier molecular flexibility index (Phi) is 5.18. The Morgan fingerprint density at radius 2 is 1.95 bits per heavy atom. The summed E-state index contributed by atoms with van der Waals surface area (Å²) in [5.41, 5.74) is 0.674. The Hall–Kier alpha value is -1.18. The van der Waals surface area contributed by atoms with E-state index in [9.17, 15) is 8.42 Å². The van der Waals surface area contributed by atoms with E-state index >= 15 is 0 Å². The molecule has 0 aliphatic carbocycles. The maximum absolute atomic E-state index is 12.5. The van der Waals surface area contributed by atoms with Crippen molar-refractivity contribution in [3.05, 3.63) is 24.3 Å². The van der Waals surface area contributed by atoms with E-state index in [1.165, 1.54) is 4.31 Å². The van der Waals surface area contributed by atoms with Gasteiger partial charge in [0.15, 0.2) is 5.11 Å². The van der Waals surface area contributed by atoms with Gasteiger partial charge in [0.25, 0.3) is 0 Å². The Morgan fingerprint density at radius 3 is 2.57 bits per heavy atom. The van der Waals surface area contributed by atoms with Crippen LogP contribution in [0.3, 0.4) is 0 Å². The van der Waals surface area contributed by atoms with Crippen LogP contribution in [0, 0.1) is 0 Å². The number of nitrogens with one attached hydrogen (secondary N) is 2. The van der Waals surface area contributed by atoms with Crippen LogP contribution < -0.4 is 10.6 Å². The molecule has 0 unspecified atom stereocenters. The van der Waals surface area contributed by atoms with Gasteiger partial charge in [-0.05, 0) is 57.1 Å². The number of thiocarbonyl (C=S) groups is 1. The average Bonchev–Trinajstić information content (AvgIpc) is 2.92. The molecule has 1 aliphatic heterocycles. The molecule has 7 heteroatoms. The summed E-state index contributed by atoms with van der Waals surface area (Å²) in [5, 5.41) is 6.57. The van der Waals surface area contributed by atoms with Gasteiger partial charge in [0, 0.05) is 24.8 Å². The highest BCUT2D eigenvalue weighted by atomic mass is 32.2. The lowest BCUT2D eigenvalue weighted by atomic mass is 10.3. The van der Waals surface area contributed by atoms with Gasteiger partial charge in [-0.1, -0.05) is 6.07 Å². The molecule has 21 heavy (non-hydrogen) atoms.